The predicted molar refractivity (Wildman–Crippen MR) is 79.4 cm³/mol. The van der Waals surface area contributed by atoms with E-state index in [9.17, 15) is 9.59 Å². The number of aromatic nitrogens is 2. The molecule has 0 saturated heterocycles. The van der Waals surface area contributed by atoms with Gasteiger partial charge in [-0.15, -0.1) is 0 Å². The lowest BCUT2D eigenvalue weighted by molar-refractivity contribution is -0.145. The van der Waals surface area contributed by atoms with E-state index in [1.165, 1.54) is 12.0 Å². The minimum atomic E-state index is -0.402. The van der Waals surface area contributed by atoms with Gasteiger partial charge in [-0.25, -0.2) is 4.98 Å². The van der Waals surface area contributed by atoms with Crippen molar-refractivity contribution in [1.29, 1.82) is 0 Å². The number of hydrogen-bond acceptors (Lipinski definition) is 6. The van der Waals surface area contributed by atoms with Gasteiger partial charge in [0.15, 0.2) is 0 Å². The van der Waals surface area contributed by atoms with E-state index in [1.807, 2.05) is 0 Å². The van der Waals surface area contributed by atoms with Gasteiger partial charge < -0.3 is 14.2 Å². The van der Waals surface area contributed by atoms with Gasteiger partial charge in [0.05, 0.1) is 29.7 Å². The summed E-state index contributed by atoms with van der Waals surface area (Å²) in [6, 6.07) is 1.70. The Labute approximate surface area is 128 Å². The van der Waals surface area contributed by atoms with Gasteiger partial charge in [0.1, 0.15) is 0 Å². The van der Waals surface area contributed by atoms with Crippen LogP contribution in [0.3, 0.4) is 0 Å². The number of fused-ring (bicyclic) bond motifs is 1. The van der Waals surface area contributed by atoms with Crippen LogP contribution in [0.4, 0.5) is 0 Å². The molecule has 1 amide bonds. The number of methoxy groups -OCH3 is 1. The van der Waals surface area contributed by atoms with Crippen molar-refractivity contribution < 1.29 is 18.8 Å². The van der Waals surface area contributed by atoms with Crippen LogP contribution in [0.2, 0.25) is 0 Å². The number of pyridine rings is 1. The van der Waals surface area contributed by atoms with Gasteiger partial charge in [-0.3, -0.25) is 9.59 Å². The van der Waals surface area contributed by atoms with E-state index < -0.39 is 5.92 Å². The van der Waals surface area contributed by atoms with E-state index in [0.717, 1.165) is 0 Å². The smallest absolute Gasteiger partial charge is 0.310 e. The first-order chi connectivity index (χ1) is 10.3. The molecular weight excluding hydrogens is 286 g/mol. The van der Waals surface area contributed by atoms with Crippen LogP contribution in [0, 0.1) is 19.8 Å². The SMILES string of the molecule is COC(=O)[C@@H](C)CN(C)C(=O)c1cc(C)nc2onc(C)c12. The van der Waals surface area contributed by atoms with E-state index in [-0.39, 0.29) is 18.4 Å². The molecule has 0 unspecified atom stereocenters. The molecule has 0 N–H and O–H groups in total. The molecule has 0 aromatic carbocycles. The molecule has 2 rings (SSSR count). The monoisotopic (exact) mass is 305 g/mol. The number of esters is 1. The van der Waals surface area contributed by atoms with Crippen LogP contribution in [-0.2, 0) is 9.53 Å². The van der Waals surface area contributed by atoms with Crippen LogP contribution < -0.4 is 0 Å². The summed E-state index contributed by atoms with van der Waals surface area (Å²) in [7, 11) is 2.98. The topological polar surface area (TPSA) is 85.5 Å². The molecule has 2 aromatic rings. The average molecular weight is 305 g/mol. The number of ether oxygens (including phenoxy) is 1. The second-order valence-corrected chi connectivity index (χ2v) is 5.37. The maximum absolute atomic E-state index is 12.7. The van der Waals surface area contributed by atoms with Gasteiger partial charge in [0, 0.05) is 19.3 Å². The molecule has 0 aliphatic rings. The summed E-state index contributed by atoms with van der Waals surface area (Å²) < 4.78 is 9.81. The molecule has 2 aromatic heterocycles. The first-order valence-electron chi connectivity index (χ1n) is 6.92. The van der Waals surface area contributed by atoms with Gasteiger partial charge in [-0.05, 0) is 19.9 Å². The highest BCUT2D eigenvalue weighted by Crippen LogP contribution is 2.23. The number of amides is 1. The van der Waals surface area contributed by atoms with Gasteiger partial charge in [0.2, 0.25) is 0 Å². The van der Waals surface area contributed by atoms with Crippen molar-refractivity contribution >= 4 is 23.0 Å². The summed E-state index contributed by atoms with van der Waals surface area (Å²) in [5.74, 6) is -0.963. The standard InChI is InChI=1S/C15H19N3O4/c1-8(15(20)21-5)7-18(4)14(19)11-6-9(2)16-13-12(11)10(3)17-22-13/h6,8H,7H2,1-5H3/t8-/m0/s1. The summed E-state index contributed by atoms with van der Waals surface area (Å²) >= 11 is 0. The number of rotatable bonds is 4. The fourth-order valence-corrected chi connectivity index (χ4v) is 2.36. The molecule has 0 radical (unpaired) electrons. The first kappa shape index (κ1) is 15.9. The van der Waals surface area contributed by atoms with Crippen molar-refractivity contribution in [2.24, 2.45) is 5.92 Å². The summed E-state index contributed by atoms with van der Waals surface area (Å²) in [6.45, 7) is 5.52. The number of carbonyl (C=O) groups excluding carboxylic acids is 2. The molecule has 0 aliphatic heterocycles. The Morgan fingerprint density at radius 3 is 2.73 bits per heavy atom. The highest BCUT2D eigenvalue weighted by Gasteiger charge is 2.23. The maximum atomic E-state index is 12.7. The Bertz CT molecular complexity index is 723. The highest BCUT2D eigenvalue weighted by atomic mass is 16.5. The molecule has 0 aliphatic carbocycles. The fraction of sp³-hybridized carbons (Fsp3) is 0.467. The van der Waals surface area contributed by atoms with Gasteiger partial charge >= 0.3 is 5.97 Å². The zero-order chi connectivity index (χ0) is 16.4. The third kappa shape index (κ3) is 2.93. The van der Waals surface area contributed by atoms with Crippen molar-refractivity contribution in [3.8, 4) is 0 Å². The number of hydrogen-bond donors (Lipinski definition) is 0. The first-order valence-corrected chi connectivity index (χ1v) is 6.92. The molecule has 1 atom stereocenters. The summed E-state index contributed by atoms with van der Waals surface area (Å²) in [4.78, 5) is 29.9. The van der Waals surface area contributed by atoms with Gasteiger partial charge in [-0.1, -0.05) is 12.1 Å². The second-order valence-electron chi connectivity index (χ2n) is 5.37. The third-order valence-corrected chi connectivity index (χ3v) is 3.47. The quantitative estimate of drug-likeness (QED) is 0.800. The minimum absolute atomic E-state index is 0.211. The van der Waals surface area contributed by atoms with E-state index in [4.69, 9.17) is 4.52 Å². The van der Waals surface area contributed by atoms with E-state index in [0.29, 0.717) is 28.1 Å². The van der Waals surface area contributed by atoms with Crippen LogP contribution in [0.15, 0.2) is 10.6 Å². The van der Waals surface area contributed by atoms with Crippen LogP contribution in [-0.4, -0.2) is 47.6 Å². The Kier molecular flexibility index (Phi) is 4.44. The van der Waals surface area contributed by atoms with Crippen molar-refractivity contribution in [3.63, 3.8) is 0 Å². The summed E-state index contributed by atoms with van der Waals surface area (Å²) in [5, 5.41) is 4.46. The van der Waals surface area contributed by atoms with Crippen LogP contribution in [0.25, 0.3) is 11.1 Å². The molecule has 0 bridgehead atoms. The molecular formula is C15H19N3O4. The Hall–Kier alpha value is -2.44. The molecule has 118 valence electrons. The zero-order valence-corrected chi connectivity index (χ0v) is 13.3. The van der Waals surface area contributed by atoms with E-state index in [1.54, 1.807) is 33.9 Å². The fourth-order valence-electron chi connectivity index (χ4n) is 2.36. The van der Waals surface area contributed by atoms with Crippen molar-refractivity contribution in [2.45, 2.75) is 20.8 Å². The van der Waals surface area contributed by atoms with Crippen LogP contribution >= 0.6 is 0 Å². The Morgan fingerprint density at radius 2 is 2.09 bits per heavy atom. The van der Waals surface area contributed by atoms with Crippen molar-refractivity contribution in [1.82, 2.24) is 15.0 Å². The van der Waals surface area contributed by atoms with E-state index >= 15 is 0 Å². The highest BCUT2D eigenvalue weighted by molar-refractivity contribution is 6.06. The third-order valence-electron chi connectivity index (χ3n) is 3.47. The number of nitrogens with zero attached hydrogens (tertiary/aromatic N) is 3. The maximum Gasteiger partial charge on any atom is 0.310 e. The zero-order valence-electron chi connectivity index (χ0n) is 13.3. The lowest BCUT2D eigenvalue weighted by atomic mass is 10.1. The van der Waals surface area contributed by atoms with Crippen LogP contribution in [0.1, 0.15) is 28.7 Å². The largest absolute Gasteiger partial charge is 0.469 e. The molecule has 22 heavy (non-hydrogen) atoms. The molecule has 0 spiro atoms. The van der Waals surface area contributed by atoms with Crippen molar-refractivity contribution in [2.75, 3.05) is 20.7 Å². The molecule has 2 heterocycles. The van der Waals surface area contributed by atoms with Crippen molar-refractivity contribution in [3.05, 3.63) is 23.0 Å². The Morgan fingerprint density at radius 1 is 1.41 bits per heavy atom. The van der Waals surface area contributed by atoms with Gasteiger partial charge in [-0.2, -0.15) is 0 Å². The normalized spacial score (nSPS) is 12.2. The number of aryl methyl sites for hydroxylation is 2. The molecule has 0 fully saturated rings. The lowest BCUT2D eigenvalue weighted by Gasteiger charge is -2.20. The summed E-state index contributed by atoms with van der Waals surface area (Å²) in [5.41, 5.74) is 2.10. The minimum Gasteiger partial charge on any atom is -0.469 e. The predicted octanol–water partition coefficient (Wildman–Crippen LogP) is 1.72. The Balaban J connectivity index is 2.33. The van der Waals surface area contributed by atoms with Gasteiger partial charge in [0.25, 0.3) is 11.6 Å². The lowest BCUT2D eigenvalue weighted by Crippen LogP contribution is -2.34. The molecule has 0 saturated carbocycles. The second kappa shape index (κ2) is 6.13. The average Bonchev–Trinajstić information content (AvgIpc) is 2.85. The van der Waals surface area contributed by atoms with Crippen LogP contribution in [0.5, 0.6) is 0 Å². The molecule has 7 nitrogen and oxygen atoms in total. The summed E-state index contributed by atoms with van der Waals surface area (Å²) in [6.07, 6.45) is 0. The van der Waals surface area contributed by atoms with E-state index in [2.05, 4.69) is 14.9 Å². The molecule has 7 heteroatoms. The number of carbonyl (C=O) groups is 2.